The normalized spacial score (nSPS) is 16.8. The molecule has 0 aromatic heterocycles. The van der Waals surface area contributed by atoms with Crippen molar-refractivity contribution in [2.45, 2.75) is 61.5 Å². The molecule has 0 fully saturated rings. The summed E-state index contributed by atoms with van der Waals surface area (Å²) in [6.45, 7) is 0. The number of hydrogen-bond donors (Lipinski definition) is 1. The second-order valence-corrected chi connectivity index (χ2v) is 7.24. The van der Waals surface area contributed by atoms with Crippen molar-refractivity contribution in [3.05, 3.63) is 42.0 Å². The Bertz CT molecular complexity index is 397. The molecule has 2 rings (SSSR count). The van der Waals surface area contributed by atoms with Gasteiger partial charge in [-0.2, -0.15) is 12.6 Å². The van der Waals surface area contributed by atoms with Crippen molar-refractivity contribution in [2.75, 3.05) is 5.75 Å². The molecule has 2 heteroatoms. The van der Waals surface area contributed by atoms with Crippen molar-refractivity contribution in [1.82, 2.24) is 0 Å². The first-order valence-electron chi connectivity index (χ1n) is 7.91. The molecule has 1 unspecified atom stereocenters. The maximum Gasteiger partial charge on any atom is 0.0303 e. The van der Waals surface area contributed by atoms with E-state index in [1.165, 1.54) is 56.3 Å². The predicted octanol–water partition coefficient (Wildman–Crippen LogP) is 6.14. The van der Waals surface area contributed by atoms with Gasteiger partial charge in [-0.15, -0.1) is 11.8 Å². The molecule has 110 valence electrons. The van der Waals surface area contributed by atoms with E-state index >= 15 is 0 Å². The number of thiol groups is 1. The van der Waals surface area contributed by atoms with E-state index in [-0.39, 0.29) is 0 Å². The van der Waals surface area contributed by atoms with Gasteiger partial charge in [0.1, 0.15) is 0 Å². The van der Waals surface area contributed by atoms with Crippen LogP contribution < -0.4 is 0 Å². The molecule has 0 nitrogen and oxygen atoms in total. The van der Waals surface area contributed by atoms with Crippen molar-refractivity contribution in [3.8, 4) is 0 Å². The summed E-state index contributed by atoms with van der Waals surface area (Å²) < 4.78 is 0. The molecular weight excluding hydrogens is 280 g/mol. The van der Waals surface area contributed by atoms with Crippen molar-refractivity contribution < 1.29 is 0 Å². The van der Waals surface area contributed by atoms with E-state index in [0.29, 0.717) is 5.25 Å². The maximum absolute atomic E-state index is 4.31. The van der Waals surface area contributed by atoms with Crippen molar-refractivity contribution in [2.24, 2.45) is 0 Å². The van der Waals surface area contributed by atoms with Crippen molar-refractivity contribution in [1.29, 1.82) is 0 Å². The Balaban J connectivity index is 1.94. The van der Waals surface area contributed by atoms with Gasteiger partial charge in [0.2, 0.25) is 0 Å². The number of thioether (sulfide) groups is 1. The van der Waals surface area contributed by atoms with Gasteiger partial charge in [0.25, 0.3) is 0 Å². The highest BCUT2D eigenvalue weighted by Crippen LogP contribution is 2.35. The predicted molar refractivity (Wildman–Crippen MR) is 95.0 cm³/mol. The number of unbranched alkanes of at least 4 members (excludes halogenated alkanes) is 2. The fourth-order valence-corrected chi connectivity index (χ4v) is 4.27. The lowest BCUT2D eigenvalue weighted by Gasteiger charge is -2.23. The monoisotopic (exact) mass is 306 g/mol. The molecule has 1 aromatic carbocycles. The van der Waals surface area contributed by atoms with Gasteiger partial charge in [-0.05, 0) is 56.4 Å². The summed E-state index contributed by atoms with van der Waals surface area (Å²) in [5, 5.41) is 0.692. The molecule has 0 bridgehead atoms. The summed E-state index contributed by atoms with van der Waals surface area (Å²) >= 11 is 6.38. The molecule has 1 aliphatic carbocycles. The van der Waals surface area contributed by atoms with Gasteiger partial charge in [-0.25, -0.2) is 0 Å². The van der Waals surface area contributed by atoms with Gasteiger partial charge in [-0.1, -0.05) is 42.7 Å². The van der Waals surface area contributed by atoms with Crippen molar-refractivity contribution >= 4 is 24.4 Å². The Morgan fingerprint density at radius 1 is 1.05 bits per heavy atom. The summed E-state index contributed by atoms with van der Waals surface area (Å²) in [7, 11) is 0. The fourth-order valence-electron chi connectivity index (χ4n) is 2.76. The van der Waals surface area contributed by atoms with Crippen LogP contribution in [-0.2, 0) is 0 Å². The van der Waals surface area contributed by atoms with Gasteiger partial charge < -0.3 is 0 Å². The largest absolute Gasteiger partial charge is 0.179 e. The molecule has 0 radical (unpaired) electrons. The summed E-state index contributed by atoms with van der Waals surface area (Å²) in [6, 6.07) is 10.9. The van der Waals surface area contributed by atoms with Crippen LogP contribution in [0.3, 0.4) is 0 Å². The fraction of sp³-hybridized carbons (Fsp3) is 0.556. The lowest BCUT2D eigenvalue weighted by Crippen LogP contribution is -2.09. The molecule has 0 aliphatic heterocycles. The Labute approximate surface area is 133 Å². The summed E-state index contributed by atoms with van der Waals surface area (Å²) in [5.74, 6) is 1.03. The molecule has 20 heavy (non-hydrogen) atoms. The first-order chi connectivity index (χ1) is 9.90. The minimum Gasteiger partial charge on any atom is -0.179 e. The van der Waals surface area contributed by atoms with E-state index in [4.69, 9.17) is 0 Å². The SMILES string of the molecule is SCCCCCC(Sc1ccccc1)C1=CCCCC1. The van der Waals surface area contributed by atoms with Gasteiger partial charge in [0.05, 0.1) is 0 Å². The average Bonchev–Trinajstić information content (AvgIpc) is 2.52. The molecule has 1 aromatic rings. The van der Waals surface area contributed by atoms with E-state index in [1.54, 1.807) is 5.57 Å². The zero-order chi connectivity index (χ0) is 14.0. The molecule has 0 N–H and O–H groups in total. The third kappa shape index (κ3) is 5.57. The Hall–Kier alpha value is -0.340. The zero-order valence-electron chi connectivity index (χ0n) is 12.3. The van der Waals surface area contributed by atoms with Crippen LogP contribution in [0.15, 0.2) is 46.9 Å². The zero-order valence-corrected chi connectivity index (χ0v) is 14.0. The number of hydrogen-bond acceptors (Lipinski definition) is 2. The number of rotatable bonds is 8. The van der Waals surface area contributed by atoms with Gasteiger partial charge in [-0.3, -0.25) is 0 Å². The third-order valence-corrected chi connectivity index (χ3v) is 5.57. The smallest absolute Gasteiger partial charge is 0.0303 e. The lowest BCUT2D eigenvalue weighted by molar-refractivity contribution is 0.631. The Kier molecular flexibility index (Phi) is 7.67. The van der Waals surface area contributed by atoms with Crippen LogP contribution in [0, 0.1) is 0 Å². The van der Waals surface area contributed by atoms with Crippen LogP contribution in [-0.4, -0.2) is 11.0 Å². The van der Waals surface area contributed by atoms with Crippen LogP contribution in [0.4, 0.5) is 0 Å². The molecule has 1 atom stereocenters. The minimum absolute atomic E-state index is 0.692. The van der Waals surface area contributed by atoms with Crippen LogP contribution in [0.1, 0.15) is 51.4 Å². The quantitative estimate of drug-likeness (QED) is 0.260. The van der Waals surface area contributed by atoms with Crippen LogP contribution in [0.25, 0.3) is 0 Å². The molecule has 0 saturated carbocycles. The second kappa shape index (κ2) is 9.57. The first kappa shape index (κ1) is 16.0. The van der Waals surface area contributed by atoms with Crippen molar-refractivity contribution in [3.63, 3.8) is 0 Å². The van der Waals surface area contributed by atoms with E-state index < -0.39 is 0 Å². The van der Waals surface area contributed by atoms with Gasteiger partial charge in [0, 0.05) is 10.1 Å². The van der Waals surface area contributed by atoms with E-state index in [1.807, 2.05) is 0 Å². The van der Waals surface area contributed by atoms with Crippen LogP contribution in [0.5, 0.6) is 0 Å². The first-order valence-corrected chi connectivity index (χ1v) is 9.43. The topological polar surface area (TPSA) is 0 Å². The summed E-state index contributed by atoms with van der Waals surface area (Å²) in [5.41, 5.74) is 1.70. The van der Waals surface area contributed by atoms with Gasteiger partial charge >= 0.3 is 0 Å². The second-order valence-electron chi connectivity index (χ2n) is 5.52. The molecular formula is C18H26S2. The third-order valence-electron chi connectivity index (χ3n) is 3.89. The van der Waals surface area contributed by atoms with Crippen LogP contribution in [0.2, 0.25) is 0 Å². The minimum atomic E-state index is 0.692. The van der Waals surface area contributed by atoms with E-state index in [0.717, 1.165) is 5.75 Å². The highest BCUT2D eigenvalue weighted by Gasteiger charge is 2.17. The highest BCUT2D eigenvalue weighted by atomic mass is 32.2. The summed E-state index contributed by atoms with van der Waals surface area (Å²) in [4.78, 5) is 1.41. The highest BCUT2D eigenvalue weighted by molar-refractivity contribution is 8.00. The Morgan fingerprint density at radius 2 is 1.90 bits per heavy atom. The van der Waals surface area contributed by atoms with Gasteiger partial charge in [0.15, 0.2) is 0 Å². The average molecular weight is 307 g/mol. The molecule has 0 spiro atoms. The molecule has 1 aliphatic rings. The maximum atomic E-state index is 4.31. The number of allylic oxidation sites excluding steroid dienone is 1. The molecule has 0 saturated heterocycles. The number of benzene rings is 1. The standard InChI is InChI=1S/C18H26S2/c19-15-9-3-8-14-18(16-10-4-1-5-11-16)20-17-12-6-2-7-13-17/h2,6-7,10,12-13,18-19H,1,3-5,8-9,11,14-15H2. The lowest BCUT2D eigenvalue weighted by atomic mass is 9.94. The summed E-state index contributed by atoms with van der Waals surface area (Å²) in [6.07, 6.45) is 13.1. The van der Waals surface area contributed by atoms with E-state index in [9.17, 15) is 0 Å². The molecule has 0 heterocycles. The van der Waals surface area contributed by atoms with Crippen LogP contribution >= 0.6 is 24.4 Å². The molecule has 0 amide bonds. The Morgan fingerprint density at radius 3 is 2.60 bits per heavy atom. The van der Waals surface area contributed by atoms with E-state index in [2.05, 4.69) is 60.8 Å².